The zero-order valence-electron chi connectivity index (χ0n) is 10.8. The van der Waals surface area contributed by atoms with Crippen LogP contribution in [0.2, 0.25) is 0 Å². The maximum atomic E-state index is 11.9. The molecule has 1 unspecified atom stereocenters. The Labute approximate surface area is 107 Å². The molecule has 1 heterocycles. The molecule has 1 rings (SSSR count). The number of nitrogens with zero attached hydrogens (tertiary/aromatic N) is 2. The summed E-state index contributed by atoms with van der Waals surface area (Å²) >= 11 is 5.17. The number of aromatic amines is 1. The Kier molecular flexibility index (Phi) is 4.86. The van der Waals surface area contributed by atoms with Gasteiger partial charge in [-0.3, -0.25) is 14.5 Å². The molecule has 0 aliphatic rings. The monoisotopic (exact) mass is 256 g/mol. The van der Waals surface area contributed by atoms with Gasteiger partial charge in [-0.25, -0.2) is 0 Å². The van der Waals surface area contributed by atoms with Crippen LogP contribution in [0.15, 0.2) is 0 Å². The molecule has 6 heteroatoms. The van der Waals surface area contributed by atoms with E-state index in [2.05, 4.69) is 15.5 Å². The SMILES string of the molecule is CCCNC(=O)C(C)n1c(C(C)C)n[nH]c1=S. The predicted octanol–water partition coefficient (Wildman–Crippen LogP) is 2.15. The number of carbonyl (C=O) groups excluding carboxylic acids is 1. The number of carbonyl (C=O) groups is 1. The lowest BCUT2D eigenvalue weighted by atomic mass is 10.2. The highest BCUT2D eigenvalue weighted by Crippen LogP contribution is 2.17. The fourth-order valence-electron chi connectivity index (χ4n) is 1.61. The highest BCUT2D eigenvalue weighted by molar-refractivity contribution is 7.71. The van der Waals surface area contributed by atoms with Gasteiger partial charge in [-0.05, 0) is 25.6 Å². The number of aromatic nitrogens is 3. The molecule has 2 N–H and O–H groups in total. The van der Waals surface area contributed by atoms with Crippen LogP contribution in [0.25, 0.3) is 0 Å². The van der Waals surface area contributed by atoms with Crippen molar-refractivity contribution in [1.29, 1.82) is 0 Å². The highest BCUT2D eigenvalue weighted by atomic mass is 32.1. The molecule has 0 fully saturated rings. The molecule has 0 aliphatic heterocycles. The first-order chi connectivity index (χ1) is 7.99. The summed E-state index contributed by atoms with van der Waals surface area (Å²) in [4.78, 5) is 11.9. The van der Waals surface area contributed by atoms with Gasteiger partial charge in [0.2, 0.25) is 5.91 Å². The molecule has 1 aromatic rings. The molecule has 1 aromatic heterocycles. The maximum absolute atomic E-state index is 11.9. The quantitative estimate of drug-likeness (QED) is 0.793. The van der Waals surface area contributed by atoms with E-state index in [1.807, 2.05) is 27.7 Å². The van der Waals surface area contributed by atoms with Crippen LogP contribution in [0, 0.1) is 4.77 Å². The van der Waals surface area contributed by atoms with Crippen molar-refractivity contribution in [2.45, 2.75) is 46.1 Å². The smallest absolute Gasteiger partial charge is 0.242 e. The van der Waals surface area contributed by atoms with Crippen LogP contribution in [-0.2, 0) is 4.79 Å². The van der Waals surface area contributed by atoms with Gasteiger partial charge in [0.05, 0.1) is 0 Å². The minimum absolute atomic E-state index is 0.0220. The third-order valence-electron chi connectivity index (χ3n) is 2.56. The third kappa shape index (κ3) is 3.15. The molecule has 0 aromatic carbocycles. The summed E-state index contributed by atoms with van der Waals surface area (Å²) < 4.78 is 2.28. The van der Waals surface area contributed by atoms with Crippen LogP contribution in [0.3, 0.4) is 0 Å². The van der Waals surface area contributed by atoms with Crippen LogP contribution in [0.1, 0.15) is 51.9 Å². The number of amides is 1. The molecule has 0 aliphatic carbocycles. The van der Waals surface area contributed by atoms with Gasteiger partial charge in [-0.2, -0.15) is 5.10 Å². The third-order valence-corrected chi connectivity index (χ3v) is 2.85. The lowest BCUT2D eigenvalue weighted by molar-refractivity contribution is -0.123. The van der Waals surface area contributed by atoms with Crippen molar-refractivity contribution in [3.8, 4) is 0 Å². The number of rotatable bonds is 5. The van der Waals surface area contributed by atoms with E-state index in [0.29, 0.717) is 11.3 Å². The van der Waals surface area contributed by atoms with Crippen molar-refractivity contribution in [3.05, 3.63) is 10.6 Å². The Hall–Kier alpha value is -1.17. The Morgan fingerprint density at radius 3 is 2.71 bits per heavy atom. The van der Waals surface area contributed by atoms with Crippen molar-refractivity contribution in [2.24, 2.45) is 0 Å². The largest absolute Gasteiger partial charge is 0.354 e. The first-order valence-corrected chi connectivity index (χ1v) is 6.34. The van der Waals surface area contributed by atoms with Crippen molar-refractivity contribution in [1.82, 2.24) is 20.1 Å². The molecule has 0 saturated heterocycles. The first-order valence-electron chi connectivity index (χ1n) is 5.93. The second-order valence-corrected chi connectivity index (χ2v) is 4.77. The van der Waals surface area contributed by atoms with E-state index in [9.17, 15) is 4.79 Å². The van der Waals surface area contributed by atoms with E-state index in [1.165, 1.54) is 0 Å². The average Bonchev–Trinajstić information content (AvgIpc) is 2.67. The lowest BCUT2D eigenvalue weighted by Crippen LogP contribution is -2.32. The Morgan fingerprint density at radius 2 is 2.18 bits per heavy atom. The van der Waals surface area contributed by atoms with Crippen LogP contribution >= 0.6 is 12.2 Å². The summed E-state index contributed by atoms with van der Waals surface area (Å²) in [6.45, 7) is 8.60. The fraction of sp³-hybridized carbons (Fsp3) is 0.727. The second kappa shape index (κ2) is 5.95. The zero-order chi connectivity index (χ0) is 13.0. The van der Waals surface area contributed by atoms with E-state index in [0.717, 1.165) is 12.2 Å². The zero-order valence-corrected chi connectivity index (χ0v) is 11.6. The van der Waals surface area contributed by atoms with Crippen LogP contribution in [0.5, 0.6) is 0 Å². The molecule has 96 valence electrons. The fourth-order valence-corrected chi connectivity index (χ4v) is 1.91. The van der Waals surface area contributed by atoms with Crippen molar-refractivity contribution in [2.75, 3.05) is 6.54 Å². The van der Waals surface area contributed by atoms with Crippen molar-refractivity contribution in [3.63, 3.8) is 0 Å². The van der Waals surface area contributed by atoms with Crippen LogP contribution < -0.4 is 5.32 Å². The van der Waals surface area contributed by atoms with Crippen LogP contribution in [0.4, 0.5) is 0 Å². The van der Waals surface area contributed by atoms with Gasteiger partial charge in [0.25, 0.3) is 0 Å². The summed E-state index contributed by atoms with van der Waals surface area (Å²) in [6.07, 6.45) is 0.923. The molecule has 5 nitrogen and oxygen atoms in total. The van der Waals surface area contributed by atoms with E-state index < -0.39 is 0 Å². The minimum atomic E-state index is -0.329. The molecule has 1 amide bonds. The average molecular weight is 256 g/mol. The topological polar surface area (TPSA) is 62.7 Å². The van der Waals surface area contributed by atoms with Gasteiger partial charge in [0, 0.05) is 12.5 Å². The molecular weight excluding hydrogens is 236 g/mol. The maximum Gasteiger partial charge on any atom is 0.242 e. The Balaban J connectivity index is 2.95. The van der Waals surface area contributed by atoms with Crippen molar-refractivity contribution >= 4 is 18.1 Å². The summed E-state index contributed by atoms with van der Waals surface area (Å²) in [7, 11) is 0. The first kappa shape index (κ1) is 13.9. The lowest BCUT2D eigenvalue weighted by Gasteiger charge is -2.16. The molecule has 0 spiro atoms. The van der Waals surface area contributed by atoms with E-state index in [4.69, 9.17) is 12.2 Å². The molecule has 1 atom stereocenters. The Bertz CT molecular complexity index is 435. The second-order valence-electron chi connectivity index (χ2n) is 4.38. The van der Waals surface area contributed by atoms with Gasteiger partial charge in [0.15, 0.2) is 4.77 Å². The molecule has 0 bridgehead atoms. The standard InChI is InChI=1S/C11H20N4OS/c1-5-6-12-10(16)8(4)15-9(7(2)3)13-14-11(15)17/h7-8H,5-6H2,1-4H3,(H,12,16)(H,14,17). The van der Waals surface area contributed by atoms with Gasteiger partial charge >= 0.3 is 0 Å². The van der Waals surface area contributed by atoms with Gasteiger partial charge < -0.3 is 5.32 Å². The molecule has 0 saturated carbocycles. The van der Waals surface area contributed by atoms with Gasteiger partial charge in [0.1, 0.15) is 11.9 Å². The number of hydrogen-bond donors (Lipinski definition) is 2. The van der Waals surface area contributed by atoms with Crippen LogP contribution in [-0.4, -0.2) is 27.2 Å². The number of hydrogen-bond acceptors (Lipinski definition) is 3. The summed E-state index contributed by atoms with van der Waals surface area (Å²) in [5.74, 6) is 1.02. The van der Waals surface area contributed by atoms with Gasteiger partial charge in [-0.1, -0.05) is 20.8 Å². The predicted molar refractivity (Wildman–Crippen MR) is 69.5 cm³/mol. The summed E-state index contributed by atoms with van der Waals surface area (Å²) in [6, 6.07) is -0.329. The number of nitrogens with one attached hydrogen (secondary N) is 2. The number of H-pyrrole nitrogens is 1. The highest BCUT2D eigenvalue weighted by Gasteiger charge is 2.20. The molecular formula is C11H20N4OS. The summed E-state index contributed by atoms with van der Waals surface area (Å²) in [5.41, 5.74) is 0. The normalized spacial score (nSPS) is 12.8. The molecule has 17 heavy (non-hydrogen) atoms. The van der Waals surface area contributed by atoms with E-state index >= 15 is 0 Å². The van der Waals surface area contributed by atoms with Gasteiger partial charge in [-0.15, -0.1) is 0 Å². The summed E-state index contributed by atoms with van der Waals surface area (Å²) in [5, 5.41) is 9.78. The van der Waals surface area contributed by atoms with E-state index in [-0.39, 0.29) is 17.9 Å². The van der Waals surface area contributed by atoms with E-state index in [1.54, 1.807) is 4.57 Å². The minimum Gasteiger partial charge on any atom is -0.354 e. The molecule has 0 radical (unpaired) electrons. The van der Waals surface area contributed by atoms with Crippen molar-refractivity contribution < 1.29 is 4.79 Å². The Morgan fingerprint density at radius 1 is 1.53 bits per heavy atom.